The fraction of sp³-hybridized carbons (Fsp3) is 0.300. The molecular formula is C20H18ClNO5. The standard InChI is InChI=1S/C20H18ClNO5/c1-25-20(24)12-2-3-15(21)16(8-12)22-18(23)10-14-13-5-7-26-17(13)9-11-4-6-27-19(11)14/h2-3,8-9H,4-7,10H2,1H3,(H,22,23). The Bertz CT molecular complexity index is 908. The highest BCUT2D eigenvalue weighted by Gasteiger charge is 2.27. The minimum Gasteiger partial charge on any atom is -0.493 e. The number of nitrogens with one attached hydrogen (secondary N) is 1. The zero-order valence-corrected chi connectivity index (χ0v) is 15.5. The lowest BCUT2D eigenvalue weighted by atomic mass is 9.97. The second kappa shape index (κ2) is 7.12. The molecule has 7 heteroatoms. The van der Waals surface area contributed by atoms with Gasteiger partial charge in [0, 0.05) is 29.5 Å². The molecule has 0 radical (unpaired) electrons. The maximum absolute atomic E-state index is 12.7. The number of ether oxygens (including phenoxy) is 3. The van der Waals surface area contributed by atoms with Gasteiger partial charge in [-0.05, 0) is 24.3 Å². The van der Waals surface area contributed by atoms with Crippen LogP contribution in [0.2, 0.25) is 5.02 Å². The van der Waals surface area contributed by atoms with Crippen LogP contribution in [-0.4, -0.2) is 32.2 Å². The summed E-state index contributed by atoms with van der Waals surface area (Å²) in [4.78, 5) is 24.4. The number of rotatable bonds is 4. The Balaban J connectivity index is 1.59. The van der Waals surface area contributed by atoms with E-state index in [9.17, 15) is 9.59 Å². The summed E-state index contributed by atoms with van der Waals surface area (Å²) < 4.78 is 16.2. The number of carbonyl (C=O) groups is 2. The van der Waals surface area contributed by atoms with E-state index in [2.05, 4.69) is 5.32 Å². The van der Waals surface area contributed by atoms with E-state index in [-0.39, 0.29) is 12.3 Å². The fourth-order valence-corrected chi connectivity index (χ4v) is 3.66. The molecule has 0 saturated heterocycles. The van der Waals surface area contributed by atoms with Crippen LogP contribution in [0.4, 0.5) is 5.69 Å². The van der Waals surface area contributed by atoms with E-state index >= 15 is 0 Å². The van der Waals surface area contributed by atoms with Crippen LogP contribution in [0.25, 0.3) is 0 Å². The third kappa shape index (κ3) is 3.32. The van der Waals surface area contributed by atoms with E-state index in [0.29, 0.717) is 29.5 Å². The van der Waals surface area contributed by atoms with Crippen molar-refractivity contribution in [2.75, 3.05) is 25.6 Å². The molecule has 0 aromatic heterocycles. The van der Waals surface area contributed by atoms with Crippen molar-refractivity contribution in [3.63, 3.8) is 0 Å². The van der Waals surface area contributed by atoms with Gasteiger partial charge in [0.05, 0.1) is 43.0 Å². The molecule has 0 spiro atoms. The van der Waals surface area contributed by atoms with Crippen molar-refractivity contribution in [3.8, 4) is 11.5 Å². The van der Waals surface area contributed by atoms with E-state index in [4.69, 9.17) is 25.8 Å². The van der Waals surface area contributed by atoms with Crippen molar-refractivity contribution in [3.05, 3.63) is 51.5 Å². The summed E-state index contributed by atoms with van der Waals surface area (Å²) >= 11 is 6.17. The van der Waals surface area contributed by atoms with E-state index < -0.39 is 5.97 Å². The lowest BCUT2D eigenvalue weighted by Crippen LogP contribution is -2.16. The van der Waals surface area contributed by atoms with Crippen molar-refractivity contribution >= 4 is 29.2 Å². The molecule has 2 aromatic rings. The molecule has 0 bridgehead atoms. The van der Waals surface area contributed by atoms with Crippen molar-refractivity contribution in [2.45, 2.75) is 19.3 Å². The number of halogens is 1. The summed E-state index contributed by atoms with van der Waals surface area (Å²) in [5.41, 5.74) is 3.65. The van der Waals surface area contributed by atoms with Crippen LogP contribution in [0.3, 0.4) is 0 Å². The van der Waals surface area contributed by atoms with Gasteiger partial charge in [-0.3, -0.25) is 4.79 Å². The third-order valence-electron chi connectivity index (χ3n) is 4.76. The molecule has 0 saturated carbocycles. The summed E-state index contributed by atoms with van der Waals surface area (Å²) in [6.45, 7) is 1.22. The number of hydrogen-bond donors (Lipinski definition) is 1. The Morgan fingerprint density at radius 1 is 1.19 bits per heavy atom. The lowest BCUT2D eigenvalue weighted by Gasteiger charge is -2.14. The highest BCUT2D eigenvalue weighted by atomic mass is 35.5. The highest BCUT2D eigenvalue weighted by molar-refractivity contribution is 6.33. The number of fused-ring (bicyclic) bond motifs is 2. The molecular weight excluding hydrogens is 370 g/mol. The van der Waals surface area contributed by atoms with Crippen LogP contribution in [0.1, 0.15) is 27.0 Å². The lowest BCUT2D eigenvalue weighted by molar-refractivity contribution is -0.115. The molecule has 2 aliphatic rings. The summed E-state index contributed by atoms with van der Waals surface area (Å²) in [5.74, 6) is 0.903. The fourth-order valence-electron chi connectivity index (χ4n) is 3.49. The largest absolute Gasteiger partial charge is 0.493 e. The maximum atomic E-state index is 12.7. The summed E-state index contributed by atoms with van der Waals surface area (Å²) in [6, 6.07) is 6.62. The van der Waals surface area contributed by atoms with Gasteiger partial charge < -0.3 is 19.5 Å². The van der Waals surface area contributed by atoms with Crippen LogP contribution < -0.4 is 14.8 Å². The average molecular weight is 388 g/mol. The predicted molar refractivity (Wildman–Crippen MR) is 100.0 cm³/mol. The normalized spacial score (nSPS) is 14.0. The zero-order chi connectivity index (χ0) is 19.0. The summed E-state index contributed by atoms with van der Waals surface area (Å²) in [7, 11) is 1.30. The second-order valence-corrected chi connectivity index (χ2v) is 6.84. The third-order valence-corrected chi connectivity index (χ3v) is 5.09. The predicted octanol–water partition coefficient (Wildman–Crippen LogP) is 3.18. The molecule has 27 heavy (non-hydrogen) atoms. The molecule has 0 unspecified atom stereocenters. The van der Waals surface area contributed by atoms with E-state index in [1.807, 2.05) is 6.07 Å². The molecule has 2 heterocycles. The molecule has 6 nitrogen and oxygen atoms in total. The first-order valence-corrected chi connectivity index (χ1v) is 9.05. The zero-order valence-electron chi connectivity index (χ0n) is 14.8. The van der Waals surface area contributed by atoms with Gasteiger partial charge in [0.15, 0.2) is 0 Å². The Morgan fingerprint density at radius 3 is 2.81 bits per heavy atom. The highest BCUT2D eigenvalue weighted by Crippen LogP contribution is 2.41. The number of benzene rings is 2. The van der Waals surface area contributed by atoms with Gasteiger partial charge in [0.25, 0.3) is 0 Å². The second-order valence-electron chi connectivity index (χ2n) is 6.43. The van der Waals surface area contributed by atoms with Gasteiger partial charge in [-0.25, -0.2) is 4.79 Å². The molecule has 0 aliphatic carbocycles. The quantitative estimate of drug-likeness (QED) is 0.815. The first-order chi connectivity index (χ1) is 13.1. The van der Waals surface area contributed by atoms with Crippen LogP contribution in [-0.2, 0) is 28.8 Å². The minimum atomic E-state index is -0.494. The van der Waals surface area contributed by atoms with Crippen LogP contribution in [0.5, 0.6) is 11.5 Å². The molecule has 1 N–H and O–H groups in total. The maximum Gasteiger partial charge on any atom is 0.337 e. The van der Waals surface area contributed by atoms with E-state index in [0.717, 1.165) is 41.0 Å². The van der Waals surface area contributed by atoms with Gasteiger partial charge in [-0.1, -0.05) is 11.6 Å². The molecule has 0 atom stereocenters. The van der Waals surface area contributed by atoms with Crippen molar-refractivity contribution < 1.29 is 23.8 Å². The Labute approximate surface area is 161 Å². The Morgan fingerprint density at radius 2 is 2.00 bits per heavy atom. The SMILES string of the molecule is COC(=O)c1ccc(Cl)c(NC(=O)Cc2c3c(cc4c2OCC4)OCC3)c1. The van der Waals surface area contributed by atoms with Crippen LogP contribution in [0.15, 0.2) is 24.3 Å². The molecule has 1 amide bonds. The monoisotopic (exact) mass is 387 g/mol. The number of anilines is 1. The first kappa shape index (κ1) is 17.7. The van der Waals surface area contributed by atoms with Gasteiger partial charge in [-0.15, -0.1) is 0 Å². The van der Waals surface area contributed by atoms with Gasteiger partial charge in [-0.2, -0.15) is 0 Å². The molecule has 4 rings (SSSR count). The number of hydrogen-bond acceptors (Lipinski definition) is 5. The minimum absolute atomic E-state index is 0.146. The topological polar surface area (TPSA) is 73.9 Å². The first-order valence-electron chi connectivity index (χ1n) is 8.67. The van der Waals surface area contributed by atoms with Gasteiger partial charge in [0.1, 0.15) is 11.5 Å². The van der Waals surface area contributed by atoms with Crippen molar-refractivity contribution in [1.82, 2.24) is 0 Å². The molecule has 2 aromatic carbocycles. The molecule has 140 valence electrons. The van der Waals surface area contributed by atoms with Crippen LogP contribution in [0, 0.1) is 0 Å². The smallest absolute Gasteiger partial charge is 0.337 e. The van der Waals surface area contributed by atoms with E-state index in [1.54, 1.807) is 12.1 Å². The summed E-state index contributed by atoms with van der Waals surface area (Å²) in [5, 5.41) is 3.13. The molecule has 2 aliphatic heterocycles. The molecule has 0 fully saturated rings. The Kier molecular flexibility index (Phi) is 4.66. The number of amides is 1. The van der Waals surface area contributed by atoms with Crippen molar-refractivity contribution in [2.24, 2.45) is 0 Å². The average Bonchev–Trinajstić information content (AvgIpc) is 3.31. The number of carbonyl (C=O) groups excluding carboxylic acids is 2. The number of methoxy groups -OCH3 is 1. The Hall–Kier alpha value is -2.73. The van der Waals surface area contributed by atoms with Gasteiger partial charge in [0.2, 0.25) is 5.91 Å². The van der Waals surface area contributed by atoms with Crippen LogP contribution >= 0.6 is 11.6 Å². The van der Waals surface area contributed by atoms with E-state index in [1.165, 1.54) is 13.2 Å². The van der Waals surface area contributed by atoms with Gasteiger partial charge >= 0.3 is 5.97 Å². The number of esters is 1. The summed E-state index contributed by atoms with van der Waals surface area (Å²) in [6.07, 6.45) is 1.72. The van der Waals surface area contributed by atoms with Crippen molar-refractivity contribution in [1.29, 1.82) is 0 Å².